The van der Waals surface area contributed by atoms with Crippen LogP contribution in [0.25, 0.3) is 0 Å². The van der Waals surface area contributed by atoms with Crippen LogP contribution in [0.3, 0.4) is 0 Å². The number of hydrogen-bond donors (Lipinski definition) is 2. The van der Waals surface area contributed by atoms with Crippen LogP contribution in [0.4, 0.5) is 5.69 Å². The minimum atomic E-state index is 0.407. The van der Waals surface area contributed by atoms with E-state index >= 15 is 0 Å². The summed E-state index contributed by atoms with van der Waals surface area (Å²) in [7, 11) is 0. The smallest absolute Gasteiger partial charge is 0.0728 e. The third-order valence-corrected chi connectivity index (χ3v) is 3.80. The molecule has 2 N–H and O–H groups in total. The van der Waals surface area contributed by atoms with Gasteiger partial charge in [0.15, 0.2) is 0 Å². The molecule has 82 valence electrons. The van der Waals surface area contributed by atoms with E-state index in [-0.39, 0.29) is 0 Å². The van der Waals surface area contributed by atoms with Crippen molar-refractivity contribution in [3.05, 3.63) is 46.2 Å². The molecule has 1 atom stereocenters. The number of rotatable bonds is 2. The Kier molecular flexibility index (Phi) is 2.44. The minimum Gasteiger partial charge on any atom is -0.376 e. The molecule has 3 nitrogen and oxygen atoms in total. The highest BCUT2D eigenvalue weighted by Gasteiger charge is 2.23. The molecule has 4 heteroatoms. The lowest BCUT2D eigenvalue weighted by Crippen LogP contribution is -2.06. The van der Waals surface area contributed by atoms with E-state index in [9.17, 15) is 0 Å². The van der Waals surface area contributed by atoms with Gasteiger partial charge in [0.05, 0.1) is 17.9 Å². The number of benzene rings is 1. The lowest BCUT2D eigenvalue weighted by Gasteiger charge is -2.13. The standard InChI is InChI=1S/C12H12BrN3/c13-11-3-1-2-10-9(11)4-5-12(10)16-8-6-14-15-7-8/h1-3,6-7,12,16H,4-5H2,(H,14,15). The molecule has 1 unspecified atom stereocenters. The lowest BCUT2D eigenvalue weighted by molar-refractivity contribution is 0.762. The molecule has 1 aliphatic carbocycles. The maximum atomic E-state index is 3.94. The molecular formula is C12H12BrN3. The molecule has 2 aromatic rings. The van der Waals surface area contributed by atoms with Crippen LogP contribution >= 0.6 is 15.9 Å². The average molecular weight is 278 g/mol. The second-order valence-corrected chi connectivity index (χ2v) is 4.88. The molecule has 0 fully saturated rings. The number of aromatic amines is 1. The summed E-state index contributed by atoms with van der Waals surface area (Å²) in [5.74, 6) is 0. The molecule has 0 saturated carbocycles. The summed E-state index contributed by atoms with van der Waals surface area (Å²) < 4.78 is 1.22. The highest BCUT2D eigenvalue weighted by molar-refractivity contribution is 9.10. The van der Waals surface area contributed by atoms with Gasteiger partial charge in [-0.25, -0.2) is 0 Å². The zero-order chi connectivity index (χ0) is 11.0. The van der Waals surface area contributed by atoms with Crippen molar-refractivity contribution in [1.29, 1.82) is 0 Å². The molecule has 1 heterocycles. The fourth-order valence-electron chi connectivity index (χ4n) is 2.29. The molecule has 1 aromatic heterocycles. The van der Waals surface area contributed by atoms with Gasteiger partial charge in [0, 0.05) is 10.7 Å². The van der Waals surface area contributed by atoms with E-state index in [2.05, 4.69) is 49.6 Å². The first-order valence-corrected chi connectivity index (χ1v) is 6.16. The number of nitrogens with zero attached hydrogens (tertiary/aromatic N) is 1. The van der Waals surface area contributed by atoms with Gasteiger partial charge in [-0.1, -0.05) is 28.1 Å². The van der Waals surface area contributed by atoms with Gasteiger partial charge in [-0.05, 0) is 30.0 Å². The van der Waals surface area contributed by atoms with Crippen molar-refractivity contribution in [1.82, 2.24) is 10.2 Å². The molecule has 3 rings (SSSR count). The minimum absolute atomic E-state index is 0.407. The number of H-pyrrole nitrogens is 1. The molecule has 16 heavy (non-hydrogen) atoms. The Morgan fingerprint density at radius 1 is 1.44 bits per heavy atom. The van der Waals surface area contributed by atoms with Gasteiger partial charge in [0.25, 0.3) is 0 Å². The topological polar surface area (TPSA) is 40.7 Å². The van der Waals surface area contributed by atoms with Gasteiger partial charge >= 0.3 is 0 Å². The zero-order valence-electron chi connectivity index (χ0n) is 8.70. The first-order valence-electron chi connectivity index (χ1n) is 5.37. The fourth-order valence-corrected chi connectivity index (χ4v) is 2.87. The highest BCUT2D eigenvalue weighted by Crippen LogP contribution is 2.37. The fraction of sp³-hybridized carbons (Fsp3) is 0.250. The van der Waals surface area contributed by atoms with Gasteiger partial charge < -0.3 is 5.32 Å². The van der Waals surface area contributed by atoms with E-state index in [1.54, 1.807) is 0 Å². The molecule has 0 radical (unpaired) electrons. The summed E-state index contributed by atoms with van der Waals surface area (Å²) in [5.41, 5.74) is 3.89. The lowest BCUT2D eigenvalue weighted by atomic mass is 10.1. The van der Waals surface area contributed by atoms with E-state index in [0.29, 0.717) is 6.04 Å². The molecule has 1 aliphatic rings. The number of anilines is 1. The predicted octanol–water partition coefficient (Wildman–Crippen LogP) is 3.27. The van der Waals surface area contributed by atoms with Crippen LogP contribution < -0.4 is 5.32 Å². The Morgan fingerprint density at radius 2 is 2.38 bits per heavy atom. The summed E-state index contributed by atoms with van der Waals surface area (Å²) in [5, 5.41) is 10.2. The second kappa shape index (κ2) is 3.94. The van der Waals surface area contributed by atoms with E-state index in [4.69, 9.17) is 0 Å². The summed E-state index contributed by atoms with van der Waals surface area (Å²) in [6.45, 7) is 0. The van der Waals surface area contributed by atoms with E-state index in [1.807, 2.05) is 12.4 Å². The largest absolute Gasteiger partial charge is 0.376 e. The SMILES string of the molecule is Brc1cccc2c1CCC2Nc1cn[nH]c1. The first kappa shape index (κ1) is 9.90. The van der Waals surface area contributed by atoms with Gasteiger partial charge in [0.2, 0.25) is 0 Å². The Hall–Kier alpha value is -1.29. The van der Waals surface area contributed by atoms with Crippen molar-refractivity contribution < 1.29 is 0 Å². The molecule has 0 aliphatic heterocycles. The number of fused-ring (bicyclic) bond motifs is 1. The van der Waals surface area contributed by atoms with Crippen LogP contribution in [-0.4, -0.2) is 10.2 Å². The van der Waals surface area contributed by atoms with Gasteiger partial charge in [-0.15, -0.1) is 0 Å². The summed E-state index contributed by atoms with van der Waals surface area (Å²) >= 11 is 3.61. The average Bonchev–Trinajstić information content (AvgIpc) is 2.90. The summed E-state index contributed by atoms with van der Waals surface area (Å²) in [6, 6.07) is 6.81. The summed E-state index contributed by atoms with van der Waals surface area (Å²) in [4.78, 5) is 0. The van der Waals surface area contributed by atoms with Crippen molar-refractivity contribution in [3.63, 3.8) is 0 Å². The maximum absolute atomic E-state index is 3.94. The zero-order valence-corrected chi connectivity index (χ0v) is 10.3. The predicted molar refractivity (Wildman–Crippen MR) is 67.4 cm³/mol. The Labute approximate surface area is 102 Å². The van der Waals surface area contributed by atoms with Crippen molar-refractivity contribution in [3.8, 4) is 0 Å². The quantitative estimate of drug-likeness (QED) is 0.885. The van der Waals surface area contributed by atoms with Crippen LogP contribution in [0.1, 0.15) is 23.6 Å². The maximum Gasteiger partial charge on any atom is 0.0728 e. The van der Waals surface area contributed by atoms with Gasteiger partial charge in [0.1, 0.15) is 0 Å². The molecule has 1 aromatic carbocycles. The van der Waals surface area contributed by atoms with Crippen molar-refractivity contribution in [2.24, 2.45) is 0 Å². The molecule has 0 amide bonds. The normalized spacial score (nSPS) is 18.4. The monoisotopic (exact) mass is 277 g/mol. The number of aromatic nitrogens is 2. The van der Waals surface area contributed by atoms with E-state index in [1.165, 1.54) is 15.6 Å². The number of hydrogen-bond acceptors (Lipinski definition) is 2. The number of nitrogens with one attached hydrogen (secondary N) is 2. The van der Waals surface area contributed by atoms with Crippen LogP contribution in [0.2, 0.25) is 0 Å². The van der Waals surface area contributed by atoms with Crippen molar-refractivity contribution in [2.45, 2.75) is 18.9 Å². The Morgan fingerprint density at radius 3 is 3.19 bits per heavy atom. The molecule has 0 bridgehead atoms. The third-order valence-electron chi connectivity index (χ3n) is 3.05. The van der Waals surface area contributed by atoms with E-state index in [0.717, 1.165) is 18.5 Å². The highest BCUT2D eigenvalue weighted by atomic mass is 79.9. The Balaban J connectivity index is 1.89. The van der Waals surface area contributed by atoms with Crippen LogP contribution in [0, 0.1) is 0 Å². The van der Waals surface area contributed by atoms with Gasteiger partial charge in [-0.3, -0.25) is 5.10 Å². The Bertz CT molecular complexity index is 493. The molecule has 0 spiro atoms. The van der Waals surface area contributed by atoms with Crippen molar-refractivity contribution in [2.75, 3.05) is 5.32 Å². The van der Waals surface area contributed by atoms with Crippen LogP contribution in [0.5, 0.6) is 0 Å². The van der Waals surface area contributed by atoms with E-state index < -0.39 is 0 Å². The number of halogens is 1. The first-order chi connectivity index (χ1) is 7.84. The third kappa shape index (κ3) is 1.63. The molecular weight excluding hydrogens is 266 g/mol. The van der Waals surface area contributed by atoms with Crippen molar-refractivity contribution >= 4 is 21.6 Å². The van der Waals surface area contributed by atoms with Crippen LogP contribution in [0.15, 0.2) is 35.1 Å². The van der Waals surface area contributed by atoms with Gasteiger partial charge in [-0.2, -0.15) is 5.10 Å². The summed E-state index contributed by atoms with van der Waals surface area (Å²) in [6.07, 6.45) is 5.97. The molecule has 0 saturated heterocycles. The second-order valence-electron chi connectivity index (χ2n) is 4.03. The van der Waals surface area contributed by atoms with Crippen LogP contribution in [-0.2, 0) is 6.42 Å².